The van der Waals surface area contributed by atoms with E-state index in [4.69, 9.17) is 0 Å². The lowest BCUT2D eigenvalue weighted by molar-refractivity contribution is -0.380. The molecule has 1 rings (SSSR count). The molecule has 0 aliphatic heterocycles. The minimum atomic E-state index is -0.474. The number of hydrogen-bond acceptors (Lipinski definition) is 4. The summed E-state index contributed by atoms with van der Waals surface area (Å²) in [5, 5.41) is 10.7. The highest BCUT2D eigenvalue weighted by Gasteiger charge is 2.14. The molecule has 0 saturated heterocycles. The van der Waals surface area contributed by atoms with Crippen LogP contribution in [0.4, 0.5) is 9.80 Å². The van der Waals surface area contributed by atoms with E-state index in [-0.39, 0.29) is 11.0 Å². The third kappa shape index (κ3) is 3.16. The van der Waals surface area contributed by atoms with Gasteiger partial charge in [0.1, 0.15) is 0 Å². The number of carbonyl (C=O) groups excluding carboxylic acids is 1. The van der Waals surface area contributed by atoms with Crippen molar-refractivity contribution in [1.82, 2.24) is 9.47 Å². The SMILES string of the molecule is CCN(CC)C(=O)N=c1sc([N+](=O)[O-])cn1CC. The zero-order valence-corrected chi connectivity index (χ0v) is 11.4. The lowest BCUT2D eigenvalue weighted by Crippen LogP contribution is -2.30. The van der Waals surface area contributed by atoms with Gasteiger partial charge < -0.3 is 9.47 Å². The fourth-order valence-electron chi connectivity index (χ4n) is 1.41. The summed E-state index contributed by atoms with van der Waals surface area (Å²) < 4.78 is 1.60. The highest BCUT2D eigenvalue weighted by atomic mass is 32.1. The van der Waals surface area contributed by atoms with Crippen molar-refractivity contribution in [2.24, 2.45) is 4.99 Å². The molecule has 8 heteroatoms. The van der Waals surface area contributed by atoms with Crippen molar-refractivity contribution < 1.29 is 9.72 Å². The zero-order chi connectivity index (χ0) is 13.7. The average Bonchev–Trinajstić information content (AvgIpc) is 2.74. The molecule has 0 aliphatic rings. The van der Waals surface area contributed by atoms with Gasteiger partial charge in [-0.1, -0.05) is 0 Å². The van der Waals surface area contributed by atoms with Gasteiger partial charge in [-0.25, -0.2) is 4.79 Å². The van der Waals surface area contributed by atoms with E-state index in [0.717, 1.165) is 11.3 Å². The maximum Gasteiger partial charge on any atom is 0.346 e. The summed E-state index contributed by atoms with van der Waals surface area (Å²) >= 11 is 0.909. The van der Waals surface area contributed by atoms with Crippen LogP contribution in [-0.2, 0) is 6.54 Å². The van der Waals surface area contributed by atoms with Crippen LogP contribution in [0.25, 0.3) is 0 Å². The van der Waals surface area contributed by atoms with Crippen molar-refractivity contribution in [3.8, 4) is 0 Å². The van der Waals surface area contributed by atoms with E-state index >= 15 is 0 Å². The molecule has 1 heterocycles. The molecule has 7 nitrogen and oxygen atoms in total. The first-order valence-corrected chi connectivity index (χ1v) is 6.53. The third-order valence-corrected chi connectivity index (χ3v) is 3.43. The largest absolute Gasteiger partial charge is 0.346 e. The molecule has 2 amide bonds. The van der Waals surface area contributed by atoms with Gasteiger partial charge >= 0.3 is 11.0 Å². The fraction of sp³-hybridized carbons (Fsp3) is 0.600. The number of rotatable bonds is 4. The Hall–Kier alpha value is -1.70. The number of nitrogens with zero attached hydrogens (tertiary/aromatic N) is 4. The van der Waals surface area contributed by atoms with Crippen LogP contribution in [0, 0.1) is 10.1 Å². The topological polar surface area (TPSA) is 80.7 Å². The van der Waals surface area contributed by atoms with Crippen LogP contribution >= 0.6 is 11.3 Å². The minimum Gasteiger partial charge on any atom is -0.323 e. The maximum absolute atomic E-state index is 11.8. The lowest BCUT2D eigenvalue weighted by Gasteiger charge is -2.14. The van der Waals surface area contributed by atoms with Crippen LogP contribution in [0.5, 0.6) is 0 Å². The molecule has 0 fully saturated rings. The van der Waals surface area contributed by atoms with Gasteiger partial charge in [0.15, 0.2) is 0 Å². The molecule has 0 aliphatic carbocycles. The number of hydrogen-bond donors (Lipinski definition) is 0. The van der Waals surface area contributed by atoms with Crippen molar-refractivity contribution in [2.45, 2.75) is 27.3 Å². The molecule has 0 saturated carbocycles. The standard InChI is InChI=1S/C10H16N4O3S/c1-4-12(5-2)9(15)11-10-13(6-3)7-8(18-10)14(16)17/h7H,4-6H2,1-3H3. The summed E-state index contributed by atoms with van der Waals surface area (Å²) in [6, 6.07) is -0.362. The molecular weight excluding hydrogens is 256 g/mol. The first-order valence-electron chi connectivity index (χ1n) is 5.71. The number of aromatic nitrogens is 1. The number of nitro groups is 1. The van der Waals surface area contributed by atoms with Gasteiger partial charge in [0.2, 0.25) is 4.80 Å². The van der Waals surface area contributed by atoms with Gasteiger partial charge in [0.05, 0.1) is 11.1 Å². The normalized spacial score (nSPS) is 11.6. The third-order valence-electron chi connectivity index (χ3n) is 2.45. The molecule has 0 N–H and O–H groups in total. The minimum absolute atomic E-state index is 0.0112. The number of amides is 2. The Morgan fingerprint density at radius 2 is 2.11 bits per heavy atom. The molecule has 0 aromatic carbocycles. The molecular formula is C10H16N4O3S. The highest BCUT2D eigenvalue weighted by Crippen LogP contribution is 2.13. The van der Waals surface area contributed by atoms with Crippen molar-refractivity contribution in [3.63, 3.8) is 0 Å². The van der Waals surface area contributed by atoms with Crippen LogP contribution in [-0.4, -0.2) is 33.5 Å². The smallest absolute Gasteiger partial charge is 0.323 e. The van der Waals surface area contributed by atoms with E-state index in [0.29, 0.717) is 24.4 Å². The molecule has 0 radical (unpaired) electrons. The van der Waals surface area contributed by atoms with E-state index in [1.54, 1.807) is 9.47 Å². The predicted molar refractivity (Wildman–Crippen MR) is 68.5 cm³/mol. The summed E-state index contributed by atoms with van der Waals surface area (Å²) in [6.45, 7) is 7.24. The summed E-state index contributed by atoms with van der Waals surface area (Å²) in [5.41, 5.74) is 0. The van der Waals surface area contributed by atoms with Crippen molar-refractivity contribution in [2.75, 3.05) is 13.1 Å². The van der Waals surface area contributed by atoms with Crippen LogP contribution in [0.3, 0.4) is 0 Å². The van der Waals surface area contributed by atoms with Crippen molar-refractivity contribution in [1.29, 1.82) is 0 Å². The number of carbonyl (C=O) groups is 1. The Labute approximate surface area is 109 Å². The van der Waals surface area contributed by atoms with Gasteiger partial charge in [-0.15, -0.1) is 0 Å². The monoisotopic (exact) mass is 272 g/mol. The fourth-order valence-corrected chi connectivity index (χ4v) is 2.28. The number of urea groups is 1. The molecule has 1 aromatic heterocycles. The molecule has 0 spiro atoms. The van der Waals surface area contributed by atoms with Gasteiger partial charge in [-0.2, -0.15) is 4.99 Å². The van der Waals surface area contributed by atoms with Crippen molar-refractivity contribution >= 4 is 22.4 Å². The molecule has 0 atom stereocenters. The Balaban J connectivity index is 3.15. The number of thiazole rings is 1. The molecule has 0 bridgehead atoms. The second-order valence-electron chi connectivity index (χ2n) is 3.46. The molecule has 0 unspecified atom stereocenters. The van der Waals surface area contributed by atoms with Gasteiger partial charge in [-0.05, 0) is 32.1 Å². The predicted octanol–water partition coefficient (Wildman–Crippen LogP) is 1.84. The van der Waals surface area contributed by atoms with E-state index in [1.807, 2.05) is 20.8 Å². The first-order chi connectivity index (χ1) is 8.53. The molecule has 1 aromatic rings. The van der Waals surface area contributed by atoms with E-state index in [2.05, 4.69) is 4.99 Å². The first kappa shape index (κ1) is 14.4. The lowest BCUT2D eigenvalue weighted by atomic mass is 10.5. The second kappa shape index (κ2) is 6.29. The Bertz CT molecular complexity index is 501. The van der Waals surface area contributed by atoms with Gasteiger partial charge in [0.25, 0.3) is 0 Å². The van der Waals surface area contributed by atoms with Gasteiger partial charge in [-0.3, -0.25) is 10.1 Å². The summed E-state index contributed by atoms with van der Waals surface area (Å²) in [6.07, 6.45) is 1.40. The van der Waals surface area contributed by atoms with Crippen molar-refractivity contribution in [3.05, 3.63) is 21.1 Å². The van der Waals surface area contributed by atoms with E-state index in [9.17, 15) is 14.9 Å². The van der Waals surface area contributed by atoms with E-state index < -0.39 is 4.92 Å². The Kier molecular flexibility index (Phi) is 5.02. The summed E-state index contributed by atoms with van der Waals surface area (Å²) in [4.78, 5) is 27.9. The van der Waals surface area contributed by atoms with Crippen LogP contribution in [0.2, 0.25) is 0 Å². The van der Waals surface area contributed by atoms with Crippen LogP contribution in [0.15, 0.2) is 11.2 Å². The summed E-state index contributed by atoms with van der Waals surface area (Å²) in [5.74, 6) is 0. The number of aryl methyl sites for hydroxylation is 1. The molecule has 18 heavy (non-hydrogen) atoms. The Morgan fingerprint density at radius 3 is 2.56 bits per heavy atom. The zero-order valence-electron chi connectivity index (χ0n) is 10.6. The maximum atomic E-state index is 11.8. The highest BCUT2D eigenvalue weighted by molar-refractivity contribution is 7.12. The second-order valence-corrected chi connectivity index (χ2v) is 4.45. The van der Waals surface area contributed by atoms with E-state index in [1.165, 1.54) is 6.20 Å². The van der Waals surface area contributed by atoms with Gasteiger partial charge in [0, 0.05) is 19.6 Å². The average molecular weight is 272 g/mol. The summed E-state index contributed by atoms with van der Waals surface area (Å²) in [7, 11) is 0. The Morgan fingerprint density at radius 1 is 1.50 bits per heavy atom. The van der Waals surface area contributed by atoms with Crippen LogP contribution in [0.1, 0.15) is 20.8 Å². The quantitative estimate of drug-likeness (QED) is 0.619. The molecule has 100 valence electrons. The van der Waals surface area contributed by atoms with Crippen LogP contribution < -0.4 is 4.80 Å².